The third-order valence-corrected chi connectivity index (χ3v) is 45.5. The molecule has 6 aromatic carbocycles. The van der Waals surface area contributed by atoms with Crippen molar-refractivity contribution in [2.24, 2.45) is 0 Å². The van der Waals surface area contributed by atoms with Crippen LogP contribution in [0.3, 0.4) is 0 Å². The van der Waals surface area contributed by atoms with Crippen LogP contribution in [0.5, 0.6) is 0 Å². The normalized spacial score (nSPS) is 12.9. The van der Waals surface area contributed by atoms with E-state index in [0.717, 1.165) is 0 Å². The molecular weight excluding hydrogens is 633 g/mol. The summed E-state index contributed by atoms with van der Waals surface area (Å²) in [6.07, 6.45) is 0. The fourth-order valence-electron chi connectivity index (χ4n) is 5.66. The minimum absolute atomic E-state index is 1.38. The van der Waals surface area contributed by atoms with E-state index in [1.807, 2.05) is 0 Å². The van der Waals surface area contributed by atoms with Crippen LogP contribution in [-0.4, -0.2) is 0 Å². The molecule has 0 aliphatic heterocycles. The number of benzene rings is 6. The molecule has 0 saturated carbocycles. The van der Waals surface area contributed by atoms with Gasteiger partial charge in [-0.2, -0.15) is 0 Å². The van der Waals surface area contributed by atoms with Gasteiger partial charge in [-0.3, -0.25) is 0 Å². The summed E-state index contributed by atoms with van der Waals surface area (Å²) in [5, 5.41) is 8.30. The zero-order valence-electron chi connectivity index (χ0n) is 22.0. The van der Waals surface area contributed by atoms with Gasteiger partial charge in [-0.15, -0.1) is 0 Å². The molecule has 202 valence electrons. The van der Waals surface area contributed by atoms with Crippen LogP contribution in [0.15, 0.2) is 182 Å². The van der Waals surface area contributed by atoms with Gasteiger partial charge >= 0.3 is 249 Å². The molecular formula is C36H32ClP2Rh. The number of hydrogen-bond acceptors (Lipinski definition) is 0. The molecule has 0 fully saturated rings. The van der Waals surface area contributed by atoms with Crippen LogP contribution in [0.1, 0.15) is 0 Å². The second kappa shape index (κ2) is 12.3. The number of hydrogen-bond donors (Lipinski definition) is 0. The summed E-state index contributed by atoms with van der Waals surface area (Å²) in [4.78, 5) is 0. The first-order chi connectivity index (χ1) is 19.8. The quantitative estimate of drug-likeness (QED) is 0.121. The van der Waals surface area contributed by atoms with Crippen LogP contribution >= 0.6 is 20.9 Å². The topological polar surface area (TPSA) is 0 Å². The minimum atomic E-state index is -2.75. The van der Waals surface area contributed by atoms with E-state index >= 15 is 0 Å². The Morgan fingerprint density at radius 2 is 0.425 bits per heavy atom. The molecule has 0 N–H and O–H groups in total. The SMILES string of the molecule is [Cl][Rh]([PH](c1ccccc1)(c1ccccc1)c1ccccc1)[PH](c1ccccc1)(c1ccccc1)c1ccccc1. The molecule has 0 aliphatic rings. The molecule has 0 atom stereocenters. The number of rotatable bonds is 8. The Balaban J connectivity index is 1.81. The van der Waals surface area contributed by atoms with E-state index < -0.39 is 25.2 Å². The van der Waals surface area contributed by atoms with E-state index in [2.05, 4.69) is 182 Å². The zero-order valence-corrected chi connectivity index (χ0v) is 26.4. The Labute approximate surface area is 247 Å². The van der Waals surface area contributed by atoms with Crippen molar-refractivity contribution in [3.63, 3.8) is 0 Å². The molecule has 0 nitrogen and oxygen atoms in total. The van der Waals surface area contributed by atoms with E-state index in [0.29, 0.717) is 0 Å². The summed E-state index contributed by atoms with van der Waals surface area (Å²) in [7, 11) is 8.59. The molecule has 6 rings (SSSR count). The van der Waals surface area contributed by atoms with Gasteiger partial charge in [0.1, 0.15) is 0 Å². The summed E-state index contributed by atoms with van der Waals surface area (Å²) >= 11 is -2.18. The van der Waals surface area contributed by atoms with Crippen molar-refractivity contribution in [1.29, 1.82) is 0 Å². The summed E-state index contributed by atoms with van der Waals surface area (Å²) in [5.41, 5.74) is -5.51. The predicted octanol–water partition coefficient (Wildman–Crippen LogP) is 7.04. The zero-order chi connectivity index (χ0) is 27.3. The average molecular weight is 665 g/mol. The fraction of sp³-hybridized carbons (Fsp3) is 0. The first kappa shape index (κ1) is 27.3. The Hall–Kier alpha value is -2.91. The van der Waals surface area contributed by atoms with Crippen molar-refractivity contribution in [2.75, 3.05) is 0 Å². The van der Waals surface area contributed by atoms with Gasteiger partial charge in [0.2, 0.25) is 0 Å². The second-order valence-electron chi connectivity index (χ2n) is 9.66. The maximum absolute atomic E-state index is 8.59. The molecule has 4 heteroatoms. The van der Waals surface area contributed by atoms with Gasteiger partial charge in [-0.05, 0) is 0 Å². The number of halogens is 1. The molecule has 0 heterocycles. The second-order valence-corrected chi connectivity index (χ2v) is 33.9. The third kappa shape index (κ3) is 4.71. The van der Waals surface area contributed by atoms with E-state index in [1.54, 1.807) is 0 Å². The third-order valence-electron chi connectivity index (χ3n) is 7.39. The van der Waals surface area contributed by atoms with E-state index in [4.69, 9.17) is 9.69 Å². The maximum atomic E-state index is 8.59. The van der Waals surface area contributed by atoms with Crippen LogP contribution < -0.4 is 31.8 Å². The standard InChI is InChI=1S/2C18H15P.ClH.Rh/c2*1-4-10-16(11-5-1)19(17-12-6-2-7-13-17)18-14-8-3-9-15-18;;/h2*1-15H;1H;/q;;;-1/p+1. The van der Waals surface area contributed by atoms with Crippen molar-refractivity contribution < 1.29 is 14.0 Å². The van der Waals surface area contributed by atoms with Crippen LogP contribution in [-0.2, 0) is 14.0 Å². The van der Waals surface area contributed by atoms with Gasteiger partial charge in [0.15, 0.2) is 0 Å². The van der Waals surface area contributed by atoms with Crippen molar-refractivity contribution in [1.82, 2.24) is 0 Å². The van der Waals surface area contributed by atoms with E-state index in [1.165, 1.54) is 31.8 Å². The Kier molecular flexibility index (Phi) is 8.39. The molecule has 0 aliphatic carbocycles. The van der Waals surface area contributed by atoms with E-state index in [-0.39, 0.29) is 0 Å². The average Bonchev–Trinajstić information content (AvgIpc) is 3.05. The first-order valence-corrected chi connectivity index (χ1v) is 24.1. The summed E-state index contributed by atoms with van der Waals surface area (Å²) in [6.45, 7) is 0. The summed E-state index contributed by atoms with van der Waals surface area (Å²) < 4.78 is 0. The van der Waals surface area contributed by atoms with E-state index in [9.17, 15) is 0 Å². The molecule has 6 aromatic rings. The van der Waals surface area contributed by atoms with Gasteiger partial charge in [0.05, 0.1) is 0 Å². The molecule has 0 saturated heterocycles. The Morgan fingerprint density at radius 3 is 0.575 bits per heavy atom. The van der Waals surface area contributed by atoms with Crippen molar-refractivity contribution in [3.8, 4) is 0 Å². The molecule has 0 radical (unpaired) electrons. The molecule has 0 amide bonds. The van der Waals surface area contributed by atoms with Gasteiger partial charge in [0, 0.05) is 0 Å². The van der Waals surface area contributed by atoms with Gasteiger partial charge in [-0.25, -0.2) is 0 Å². The Bertz CT molecular complexity index is 1310. The van der Waals surface area contributed by atoms with Gasteiger partial charge < -0.3 is 0 Å². The van der Waals surface area contributed by atoms with Gasteiger partial charge in [0.25, 0.3) is 0 Å². The molecule has 0 unspecified atom stereocenters. The molecule has 0 aromatic heterocycles. The van der Waals surface area contributed by atoms with Gasteiger partial charge in [-0.1, -0.05) is 0 Å². The Morgan fingerprint density at radius 1 is 0.275 bits per heavy atom. The predicted molar refractivity (Wildman–Crippen MR) is 179 cm³/mol. The van der Waals surface area contributed by atoms with Crippen LogP contribution in [0.4, 0.5) is 0 Å². The first-order valence-electron chi connectivity index (χ1n) is 13.4. The summed E-state index contributed by atoms with van der Waals surface area (Å²) in [6, 6.07) is 67.1. The van der Waals surface area contributed by atoms with Crippen molar-refractivity contribution >= 4 is 52.7 Å². The molecule has 40 heavy (non-hydrogen) atoms. The van der Waals surface area contributed by atoms with Crippen LogP contribution in [0.2, 0.25) is 0 Å². The summed E-state index contributed by atoms with van der Waals surface area (Å²) in [5.74, 6) is 0. The van der Waals surface area contributed by atoms with Crippen molar-refractivity contribution in [3.05, 3.63) is 182 Å². The fourth-order valence-corrected chi connectivity index (χ4v) is 52.7. The van der Waals surface area contributed by atoms with Crippen LogP contribution in [0.25, 0.3) is 0 Å². The molecule has 0 bridgehead atoms. The van der Waals surface area contributed by atoms with Crippen LogP contribution in [0, 0.1) is 0 Å². The molecule has 0 spiro atoms. The van der Waals surface area contributed by atoms with Crippen molar-refractivity contribution in [2.45, 2.75) is 0 Å². The monoisotopic (exact) mass is 664 g/mol.